The molecule has 3 rings (SSSR count). The van der Waals surface area contributed by atoms with E-state index in [1.165, 1.54) is 4.68 Å². The fourth-order valence-electron chi connectivity index (χ4n) is 2.50. The molecule has 3 aromatic rings. The molecule has 0 aliphatic rings. The summed E-state index contributed by atoms with van der Waals surface area (Å²) in [7, 11) is 1.64. The molecular formula is C15H15N5O3S. The standard InChI is InChI=1S/C15H15N5O3S/c1-8-5-9(2)7-11(6-8)13-16-17-15(23-13)24-14-12(20(21)22)10(3)18-19(14)4/h5-7H,1-4H3. The fourth-order valence-corrected chi connectivity index (χ4v) is 3.36. The number of nitro groups is 1. The van der Waals surface area contributed by atoms with Gasteiger partial charge in [0.05, 0.1) is 4.92 Å². The van der Waals surface area contributed by atoms with Crippen molar-refractivity contribution in [3.8, 4) is 11.5 Å². The third-order valence-corrected chi connectivity index (χ3v) is 4.37. The van der Waals surface area contributed by atoms with Gasteiger partial charge in [0.15, 0.2) is 5.03 Å². The molecule has 0 radical (unpaired) electrons. The van der Waals surface area contributed by atoms with Crippen molar-refractivity contribution in [3.63, 3.8) is 0 Å². The fraction of sp³-hybridized carbons (Fsp3) is 0.267. The predicted octanol–water partition coefficient (Wildman–Crippen LogP) is 3.45. The van der Waals surface area contributed by atoms with Crippen LogP contribution in [-0.2, 0) is 7.05 Å². The zero-order valence-corrected chi connectivity index (χ0v) is 14.4. The molecule has 0 aliphatic carbocycles. The SMILES string of the molecule is Cc1cc(C)cc(-c2nnc(Sc3c([N+](=O)[O-])c(C)nn3C)o2)c1. The van der Waals surface area contributed by atoms with Crippen LogP contribution in [0, 0.1) is 30.9 Å². The highest BCUT2D eigenvalue weighted by atomic mass is 32.2. The molecule has 0 saturated heterocycles. The second-order valence-electron chi connectivity index (χ2n) is 5.47. The second-order valence-corrected chi connectivity index (χ2v) is 6.41. The van der Waals surface area contributed by atoms with Gasteiger partial charge in [-0.2, -0.15) is 5.10 Å². The van der Waals surface area contributed by atoms with E-state index in [4.69, 9.17) is 4.42 Å². The maximum Gasteiger partial charge on any atom is 0.324 e. The average Bonchev–Trinajstić information content (AvgIpc) is 3.03. The minimum atomic E-state index is -0.453. The van der Waals surface area contributed by atoms with Gasteiger partial charge in [0, 0.05) is 12.6 Å². The van der Waals surface area contributed by atoms with Crippen molar-refractivity contribution >= 4 is 17.4 Å². The minimum absolute atomic E-state index is 0.0475. The predicted molar refractivity (Wildman–Crippen MR) is 87.9 cm³/mol. The maximum atomic E-state index is 11.2. The summed E-state index contributed by atoms with van der Waals surface area (Å²) in [5.74, 6) is 0.380. The van der Waals surface area contributed by atoms with E-state index >= 15 is 0 Å². The van der Waals surface area contributed by atoms with Gasteiger partial charge in [0.2, 0.25) is 5.89 Å². The Morgan fingerprint density at radius 1 is 1.17 bits per heavy atom. The lowest BCUT2D eigenvalue weighted by atomic mass is 10.1. The summed E-state index contributed by atoms with van der Waals surface area (Å²) in [5.41, 5.74) is 3.31. The van der Waals surface area contributed by atoms with Crippen molar-refractivity contribution in [2.75, 3.05) is 0 Å². The van der Waals surface area contributed by atoms with Gasteiger partial charge in [-0.3, -0.25) is 14.8 Å². The first kappa shape index (κ1) is 16.2. The zero-order chi connectivity index (χ0) is 17.4. The summed E-state index contributed by atoms with van der Waals surface area (Å²) in [4.78, 5) is 10.8. The Morgan fingerprint density at radius 2 is 1.83 bits per heavy atom. The van der Waals surface area contributed by atoms with E-state index in [0.29, 0.717) is 16.6 Å². The summed E-state index contributed by atoms with van der Waals surface area (Å²) < 4.78 is 7.10. The molecule has 0 saturated carbocycles. The van der Waals surface area contributed by atoms with Crippen LogP contribution in [0.2, 0.25) is 0 Å². The topological polar surface area (TPSA) is 99.9 Å². The van der Waals surface area contributed by atoms with E-state index in [9.17, 15) is 10.1 Å². The molecule has 0 unspecified atom stereocenters. The molecule has 24 heavy (non-hydrogen) atoms. The number of aryl methyl sites for hydroxylation is 4. The Bertz CT molecular complexity index is 911. The molecule has 1 aromatic carbocycles. The van der Waals surface area contributed by atoms with Gasteiger partial charge in [-0.25, -0.2) is 0 Å². The van der Waals surface area contributed by atoms with Crippen LogP contribution in [0.25, 0.3) is 11.5 Å². The van der Waals surface area contributed by atoms with Crippen LogP contribution in [0.1, 0.15) is 16.8 Å². The van der Waals surface area contributed by atoms with Gasteiger partial charge >= 0.3 is 5.69 Å². The van der Waals surface area contributed by atoms with Crippen molar-refractivity contribution in [2.24, 2.45) is 7.05 Å². The lowest BCUT2D eigenvalue weighted by molar-refractivity contribution is -0.388. The number of hydrogen-bond donors (Lipinski definition) is 0. The Hall–Kier alpha value is -2.68. The van der Waals surface area contributed by atoms with Crippen LogP contribution < -0.4 is 0 Å². The van der Waals surface area contributed by atoms with Crippen molar-refractivity contribution in [1.82, 2.24) is 20.0 Å². The summed E-state index contributed by atoms with van der Waals surface area (Å²) >= 11 is 1.03. The molecule has 8 nitrogen and oxygen atoms in total. The lowest BCUT2D eigenvalue weighted by Crippen LogP contribution is -1.94. The summed E-state index contributed by atoms with van der Waals surface area (Å²) in [6.45, 7) is 5.57. The molecule has 0 fully saturated rings. The molecule has 2 aromatic heterocycles. The quantitative estimate of drug-likeness (QED) is 0.527. The first-order chi connectivity index (χ1) is 11.3. The Labute approximate surface area is 142 Å². The van der Waals surface area contributed by atoms with E-state index in [1.807, 2.05) is 26.0 Å². The number of hydrogen-bond acceptors (Lipinski definition) is 7. The monoisotopic (exact) mass is 345 g/mol. The lowest BCUT2D eigenvalue weighted by Gasteiger charge is -2.00. The zero-order valence-electron chi connectivity index (χ0n) is 13.6. The Morgan fingerprint density at radius 3 is 2.46 bits per heavy atom. The number of nitrogens with zero attached hydrogens (tertiary/aromatic N) is 5. The smallest absolute Gasteiger partial charge is 0.324 e. The maximum absolute atomic E-state index is 11.2. The van der Waals surface area contributed by atoms with Gasteiger partial charge in [0.25, 0.3) is 5.22 Å². The van der Waals surface area contributed by atoms with E-state index in [2.05, 4.69) is 21.4 Å². The number of rotatable bonds is 4. The number of aromatic nitrogens is 4. The highest BCUT2D eigenvalue weighted by Crippen LogP contribution is 2.36. The van der Waals surface area contributed by atoms with Crippen LogP contribution in [0.15, 0.2) is 32.9 Å². The normalized spacial score (nSPS) is 11.0. The van der Waals surface area contributed by atoms with Crippen LogP contribution in [0.5, 0.6) is 0 Å². The first-order valence-corrected chi connectivity index (χ1v) is 7.95. The van der Waals surface area contributed by atoms with Crippen LogP contribution >= 0.6 is 11.8 Å². The molecular weight excluding hydrogens is 330 g/mol. The third-order valence-electron chi connectivity index (χ3n) is 3.38. The van der Waals surface area contributed by atoms with Crippen LogP contribution in [0.4, 0.5) is 5.69 Å². The first-order valence-electron chi connectivity index (χ1n) is 7.13. The molecule has 0 aliphatic heterocycles. The van der Waals surface area contributed by atoms with Crippen LogP contribution in [-0.4, -0.2) is 24.9 Å². The molecule has 0 N–H and O–H groups in total. The van der Waals surface area contributed by atoms with E-state index in [-0.39, 0.29) is 10.9 Å². The highest BCUT2D eigenvalue weighted by molar-refractivity contribution is 7.99. The molecule has 0 bridgehead atoms. The van der Waals surface area contributed by atoms with E-state index in [1.54, 1.807) is 14.0 Å². The summed E-state index contributed by atoms with van der Waals surface area (Å²) in [6, 6.07) is 5.95. The second kappa shape index (κ2) is 6.08. The van der Waals surface area contributed by atoms with Gasteiger partial charge in [-0.1, -0.05) is 17.2 Å². The van der Waals surface area contributed by atoms with Gasteiger partial charge in [-0.05, 0) is 44.7 Å². The van der Waals surface area contributed by atoms with Crippen molar-refractivity contribution in [1.29, 1.82) is 0 Å². The largest absolute Gasteiger partial charge is 0.411 e. The van der Waals surface area contributed by atoms with E-state index < -0.39 is 4.92 Å². The van der Waals surface area contributed by atoms with Crippen molar-refractivity contribution in [2.45, 2.75) is 31.0 Å². The summed E-state index contributed by atoms with van der Waals surface area (Å²) in [6.07, 6.45) is 0. The molecule has 0 atom stereocenters. The van der Waals surface area contributed by atoms with E-state index in [0.717, 1.165) is 28.5 Å². The van der Waals surface area contributed by atoms with Gasteiger partial charge < -0.3 is 4.42 Å². The molecule has 0 amide bonds. The Balaban J connectivity index is 1.94. The minimum Gasteiger partial charge on any atom is -0.411 e. The van der Waals surface area contributed by atoms with Gasteiger partial charge in [-0.15, -0.1) is 10.2 Å². The molecule has 2 heterocycles. The number of benzene rings is 1. The van der Waals surface area contributed by atoms with Crippen LogP contribution in [0.3, 0.4) is 0 Å². The molecule has 124 valence electrons. The highest BCUT2D eigenvalue weighted by Gasteiger charge is 2.26. The molecule has 0 spiro atoms. The van der Waals surface area contributed by atoms with Crippen molar-refractivity contribution < 1.29 is 9.34 Å². The Kier molecular flexibility index (Phi) is 4.10. The van der Waals surface area contributed by atoms with Gasteiger partial charge in [0.1, 0.15) is 5.69 Å². The van der Waals surface area contributed by atoms with Crippen molar-refractivity contribution in [3.05, 3.63) is 45.1 Å². The third kappa shape index (κ3) is 3.02. The molecule has 9 heteroatoms. The summed E-state index contributed by atoms with van der Waals surface area (Å²) in [5, 5.41) is 23.9. The average molecular weight is 345 g/mol.